The molecule has 0 aliphatic carbocycles. The Hall–Kier alpha value is -4.37. The highest BCUT2D eigenvalue weighted by Gasteiger charge is 2.27. The van der Waals surface area contributed by atoms with Gasteiger partial charge in [0.2, 0.25) is 0 Å². The molecule has 0 saturated carbocycles. The first kappa shape index (κ1) is 20.9. The summed E-state index contributed by atoms with van der Waals surface area (Å²) >= 11 is 0. The Morgan fingerprint density at radius 2 is 1.56 bits per heavy atom. The van der Waals surface area contributed by atoms with E-state index in [1.54, 1.807) is 48.5 Å². The van der Waals surface area contributed by atoms with Crippen molar-refractivity contribution < 1.29 is 23.8 Å². The average molecular weight is 425 g/mol. The lowest BCUT2D eigenvalue weighted by molar-refractivity contribution is -0.139. The summed E-state index contributed by atoms with van der Waals surface area (Å²) in [5.41, 5.74) is 3.35. The standard InChI is InChI=1S/C26H19NO5/c1-17-14-24(32-25(17)28)16-30-22-10-8-21(9-11-22)26(29)31-23-12-6-20(7-13-23)19-4-2-18(15-27)3-5-19/h2-13,24H,1,14,16H2. The van der Waals surface area contributed by atoms with Gasteiger partial charge in [-0.1, -0.05) is 30.8 Å². The second-order valence-electron chi connectivity index (χ2n) is 7.27. The van der Waals surface area contributed by atoms with E-state index in [0.29, 0.717) is 34.6 Å². The van der Waals surface area contributed by atoms with Crippen LogP contribution in [0.4, 0.5) is 0 Å². The molecule has 158 valence electrons. The van der Waals surface area contributed by atoms with Crippen LogP contribution in [-0.4, -0.2) is 24.6 Å². The van der Waals surface area contributed by atoms with Crippen molar-refractivity contribution in [3.63, 3.8) is 0 Å². The maximum Gasteiger partial charge on any atom is 0.343 e. The molecule has 0 radical (unpaired) electrons. The number of carbonyl (C=O) groups is 2. The summed E-state index contributed by atoms with van der Waals surface area (Å²) in [5, 5.41) is 8.89. The Morgan fingerprint density at radius 1 is 0.969 bits per heavy atom. The van der Waals surface area contributed by atoms with Crippen LogP contribution in [0.1, 0.15) is 22.3 Å². The van der Waals surface area contributed by atoms with Crippen molar-refractivity contribution in [2.45, 2.75) is 12.5 Å². The molecule has 1 saturated heterocycles. The van der Waals surface area contributed by atoms with Crippen LogP contribution < -0.4 is 9.47 Å². The Bertz CT molecular complexity index is 1170. The monoisotopic (exact) mass is 425 g/mol. The summed E-state index contributed by atoms with van der Waals surface area (Å²) in [4.78, 5) is 23.8. The number of rotatable bonds is 6. The number of esters is 2. The zero-order valence-electron chi connectivity index (χ0n) is 17.1. The number of nitrogens with zero attached hydrogens (tertiary/aromatic N) is 1. The topological polar surface area (TPSA) is 85.6 Å². The van der Waals surface area contributed by atoms with Gasteiger partial charge in [0.1, 0.15) is 24.2 Å². The predicted octanol–water partition coefficient (Wildman–Crippen LogP) is 4.69. The van der Waals surface area contributed by atoms with E-state index in [9.17, 15) is 9.59 Å². The fourth-order valence-electron chi connectivity index (χ4n) is 3.22. The van der Waals surface area contributed by atoms with Gasteiger partial charge in [-0.2, -0.15) is 5.26 Å². The SMILES string of the molecule is C=C1CC(COc2ccc(C(=O)Oc3ccc(-c4ccc(C#N)cc4)cc3)cc2)OC1=O. The molecule has 32 heavy (non-hydrogen) atoms. The Morgan fingerprint density at radius 3 is 2.12 bits per heavy atom. The van der Waals surface area contributed by atoms with Crippen molar-refractivity contribution in [2.75, 3.05) is 6.61 Å². The van der Waals surface area contributed by atoms with Crippen LogP contribution in [0.25, 0.3) is 11.1 Å². The molecule has 0 aromatic heterocycles. The van der Waals surface area contributed by atoms with E-state index in [-0.39, 0.29) is 18.7 Å². The molecule has 1 heterocycles. The van der Waals surface area contributed by atoms with Gasteiger partial charge in [-0.05, 0) is 59.7 Å². The first-order valence-electron chi connectivity index (χ1n) is 9.96. The van der Waals surface area contributed by atoms with Crippen molar-refractivity contribution in [3.05, 3.63) is 96.1 Å². The minimum atomic E-state index is -0.483. The maximum absolute atomic E-state index is 12.4. The van der Waals surface area contributed by atoms with Gasteiger partial charge in [0.25, 0.3) is 0 Å². The van der Waals surface area contributed by atoms with E-state index in [0.717, 1.165) is 11.1 Å². The number of ether oxygens (including phenoxy) is 3. The summed E-state index contributed by atoms with van der Waals surface area (Å²) in [6.45, 7) is 3.86. The van der Waals surface area contributed by atoms with E-state index in [4.69, 9.17) is 19.5 Å². The van der Waals surface area contributed by atoms with Crippen LogP contribution in [0.5, 0.6) is 11.5 Å². The number of carbonyl (C=O) groups excluding carboxylic acids is 2. The van der Waals surface area contributed by atoms with E-state index in [1.807, 2.05) is 24.3 Å². The normalized spacial score (nSPS) is 15.0. The molecular formula is C26H19NO5. The van der Waals surface area contributed by atoms with Gasteiger partial charge in [0.15, 0.2) is 0 Å². The summed E-state index contributed by atoms with van der Waals surface area (Å²) in [7, 11) is 0. The zero-order chi connectivity index (χ0) is 22.5. The van der Waals surface area contributed by atoms with Gasteiger partial charge in [-0.3, -0.25) is 0 Å². The molecule has 1 fully saturated rings. The van der Waals surface area contributed by atoms with Crippen LogP contribution in [0.3, 0.4) is 0 Å². The number of hydrogen-bond donors (Lipinski definition) is 0. The summed E-state index contributed by atoms with van der Waals surface area (Å²) in [6, 6.07) is 23.1. The van der Waals surface area contributed by atoms with Gasteiger partial charge in [0.05, 0.1) is 17.2 Å². The highest BCUT2D eigenvalue weighted by molar-refractivity contribution is 5.91. The Kier molecular flexibility index (Phi) is 6.00. The van der Waals surface area contributed by atoms with Gasteiger partial charge in [-0.25, -0.2) is 9.59 Å². The van der Waals surface area contributed by atoms with Crippen molar-refractivity contribution in [3.8, 4) is 28.7 Å². The minimum Gasteiger partial charge on any atom is -0.490 e. The fourth-order valence-corrected chi connectivity index (χ4v) is 3.22. The van der Waals surface area contributed by atoms with Crippen LogP contribution in [-0.2, 0) is 9.53 Å². The Labute approximate surface area is 185 Å². The van der Waals surface area contributed by atoms with Crippen LogP contribution >= 0.6 is 0 Å². The molecule has 0 spiro atoms. The highest BCUT2D eigenvalue weighted by Crippen LogP contribution is 2.24. The van der Waals surface area contributed by atoms with Crippen LogP contribution in [0.15, 0.2) is 84.9 Å². The maximum atomic E-state index is 12.4. The molecule has 6 nitrogen and oxygen atoms in total. The largest absolute Gasteiger partial charge is 0.490 e. The number of benzene rings is 3. The summed E-state index contributed by atoms with van der Waals surface area (Å²) < 4.78 is 16.2. The van der Waals surface area contributed by atoms with E-state index in [1.165, 1.54) is 0 Å². The lowest BCUT2D eigenvalue weighted by atomic mass is 10.0. The lowest BCUT2D eigenvalue weighted by Gasteiger charge is -2.11. The molecule has 3 aromatic carbocycles. The third-order valence-electron chi connectivity index (χ3n) is 4.97. The molecule has 4 rings (SSSR count). The van der Waals surface area contributed by atoms with Gasteiger partial charge >= 0.3 is 11.9 Å². The first-order chi connectivity index (χ1) is 15.5. The quantitative estimate of drug-likeness (QED) is 0.323. The van der Waals surface area contributed by atoms with Gasteiger partial charge < -0.3 is 14.2 Å². The minimum absolute atomic E-state index is 0.222. The predicted molar refractivity (Wildman–Crippen MR) is 117 cm³/mol. The molecule has 0 N–H and O–H groups in total. The number of cyclic esters (lactones) is 1. The van der Waals surface area contributed by atoms with Crippen LogP contribution in [0.2, 0.25) is 0 Å². The summed E-state index contributed by atoms with van der Waals surface area (Å²) in [6.07, 6.45) is 0.111. The van der Waals surface area contributed by atoms with Crippen molar-refractivity contribution in [1.29, 1.82) is 5.26 Å². The molecule has 1 unspecified atom stereocenters. The molecule has 1 aliphatic heterocycles. The van der Waals surface area contributed by atoms with Crippen LogP contribution in [0, 0.1) is 11.3 Å². The lowest BCUT2D eigenvalue weighted by Crippen LogP contribution is -2.17. The molecule has 0 amide bonds. The molecular weight excluding hydrogens is 406 g/mol. The fraction of sp³-hybridized carbons (Fsp3) is 0.115. The molecule has 3 aromatic rings. The van der Waals surface area contributed by atoms with E-state index < -0.39 is 5.97 Å². The second kappa shape index (κ2) is 9.19. The zero-order valence-corrected chi connectivity index (χ0v) is 17.1. The van der Waals surface area contributed by atoms with Gasteiger partial charge in [0, 0.05) is 12.0 Å². The molecule has 1 atom stereocenters. The Balaban J connectivity index is 1.32. The first-order valence-corrected chi connectivity index (χ1v) is 9.96. The second-order valence-corrected chi connectivity index (χ2v) is 7.27. The molecule has 0 bridgehead atoms. The van der Waals surface area contributed by atoms with E-state index in [2.05, 4.69) is 12.6 Å². The van der Waals surface area contributed by atoms with Crippen molar-refractivity contribution in [1.82, 2.24) is 0 Å². The van der Waals surface area contributed by atoms with Crippen molar-refractivity contribution in [2.24, 2.45) is 0 Å². The third kappa shape index (κ3) is 4.85. The molecule has 6 heteroatoms. The van der Waals surface area contributed by atoms with Gasteiger partial charge in [-0.15, -0.1) is 0 Å². The van der Waals surface area contributed by atoms with E-state index >= 15 is 0 Å². The summed E-state index contributed by atoms with van der Waals surface area (Å²) in [5.74, 6) is 0.114. The number of nitriles is 1. The molecule has 1 aliphatic rings. The third-order valence-corrected chi connectivity index (χ3v) is 4.97. The average Bonchev–Trinajstić information content (AvgIpc) is 3.15. The van der Waals surface area contributed by atoms with Crippen molar-refractivity contribution >= 4 is 11.9 Å². The highest BCUT2D eigenvalue weighted by atomic mass is 16.6. The number of hydrogen-bond acceptors (Lipinski definition) is 6. The smallest absolute Gasteiger partial charge is 0.343 e.